The van der Waals surface area contributed by atoms with E-state index in [1.54, 1.807) is 4.31 Å². The zero-order chi connectivity index (χ0) is 13.8. The fourth-order valence-corrected chi connectivity index (χ4v) is 4.36. The van der Waals surface area contributed by atoms with Gasteiger partial charge in [-0.2, -0.15) is 17.0 Å². The Hall–Kier alpha value is -0.170. The van der Waals surface area contributed by atoms with E-state index in [-0.39, 0.29) is 12.6 Å². The number of rotatable bonds is 6. The maximum atomic E-state index is 12.5. The molecule has 1 unspecified atom stereocenters. The summed E-state index contributed by atoms with van der Waals surface area (Å²) in [7, 11) is -3.37. The Kier molecular flexibility index (Phi) is 6.04. The van der Waals surface area contributed by atoms with Crippen molar-refractivity contribution in [3.8, 4) is 0 Å². The van der Waals surface area contributed by atoms with Crippen LogP contribution in [-0.4, -0.2) is 54.4 Å². The second-order valence-corrected chi connectivity index (χ2v) is 7.28. The zero-order valence-corrected chi connectivity index (χ0v) is 12.5. The van der Waals surface area contributed by atoms with Crippen molar-refractivity contribution in [1.82, 2.24) is 8.61 Å². The number of aliphatic hydroxyl groups is 1. The molecule has 1 aliphatic rings. The van der Waals surface area contributed by atoms with Crippen molar-refractivity contribution < 1.29 is 13.5 Å². The molecule has 0 radical (unpaired) electrons. The van der Waals surface area contributed by atoms with Crippen LogP contribution in [0.5, 0.6) is 0 Å². The van der Waals surface area contributed by atoms with E-state index in [2.05, 4.69) is 6.92 Å². The van der Waals surface area contributed by atoms with Crippen LogP contribution < -0.4 is 0 Å². The molecule has 1 aliphatic heterocycles. The molecule has 0 bridgehead atoms. The summed E-state index contributed by atoms with van der Waals surface area (Å²) in [5, 5.41) is 8.88. The molecule has 0 aliphatic carbocycles. The highest BCUT2D eigenvalue weighted by atomic mass is 32.2. The van der Waals surface area contributed by atoms with E-state index in [1.807, 2.05) is 13.8 Å². The predicted molar refractivity (Wildman–Crippen MR) is 72.4 cm³/mol. The highest BCUT2D eigenvalue weighted by Crippen LogP contribution is 2.21. The Bertz CT molecular complexity index is 343. The first kappa shape index (κ1) is 15.9. The van der Waals surface area contributed by atoms with Crippen LogP contribution in [0.2, 0.25) is 0 Å². The van der Waals surface area contributed by atoms with Crippen molar-refractivity contribution in [1.29, 1.82) is 0 Å². The Morgan fingerprint density at radius 1 is 1.44 bits per heavy atom. The fourth-order valence-electron chi connectivity index (χ4n) is 2.37. The fraction of sp³-hybridized carbons (Fsp3) is 1.00. The van der Waals surface area contributed by atoms with E-state index in [0.29, 0.717) is 32.0 Å². The summed E-state index contributed by atoms with van der Waals surface area (Å²) in [4.78, 5) is 0. The van der Waals surface area contributed by atoms with Gasteiger partial charge in [-0.25, -0.2) is 0 Å². The maximum absolute atomic E-state index is 12.5. The van der Waals surface area contributed by atoms with Gasteiger partial charge >= 0.3 is 0 Å². The van der Waals surface area contributed by atoms with Gasteiger partial charge in [-0.3, -0.25) is 0 Å². The van der Waals surface area contributed by atoms with Crippen LogP contribution in [-0.2, 0) is 10.2 Å². The van der Waals surface area contributed by atoms with Gasteiger partial charge in [-0.1, -0.05) is 6.92 Å². The predicted octanol–water partition coefficient (Wildman–Crippen LogP) is 1.06. The van der Waals surface area contributed by atoms with Crippen LogP contribution >= 0.6 is 0 Å². The Morgan fingerprint density at radius 3 is 2.61 bits per heavy atom. The van der Waals surface area contributed by atoms with Gasteiger partial charge in [-0.05, 0) is 39.0 Å². The third-order valence-electron chi connectivity index (χ3n) is 3.35. The normalized spacial score (nSPS) is 22.9. The summed E-state index contributed by atoms with van der Waals surface area (Å²) in [6.07, 6.45) is 2.53. The van der Waals surface area contributed by atoms with Gasteiger partial charge in [0.1, 0.15) is 0 Å². The SMILES string of the molecule is CC1CCCN(S(=O)(=O)N(CCCO)C(C)C)C1. The summed E-state index contributed by atoms with van der Waals surface area (Å²) in [5.41, 5.74) is 0. The van der Waals surface area contributed by atoms with E-state index in [4.69, 9.17) is 5.11 Å². The Morgan fingerprint density at radius 2 is 2.11 bits per heavy atom. The van der Waals surface area contributed by atoms with Crippen LogP contribution in [0.4, 0.5) is 0 Å². The first-order valence-electron chi connectivity index (χ1n) is 6.77. The van der Waals surface area contributed by atoms with E-state index < -0.39 is 10.2 Å². The van der Waals surface area contributed by atoms with Gasteiger partial charge in [0.05, 0.1) is 0 Å². The van der Waals surface area contributed by atoms with Crippen LogP contribution in [0.1, 0.15) is 40.0 Å². The highest BCUT2D eigenvalue weighted by Gasteiger charge is 2.33. The van der Waals surface area contributed by atoms with Crippen LogP contribution in [0.15, 0.2) is 0 Å². The average molecular weight is 278 g/mol. The van der Waals surface area contributed by atoms with Gasteiger partial charge in [0.2, 0.25) is 0 Å². The Balaban J connectivity index is 2.80. The lowest BCUT2D eigenvalue weighted by Gasteiger charge is -2.36. The van der Waals surface area contributed by atoms with Crippen molar-refractivity contribution in [3.05, 3.63) is 0 Å². The molecule has 5 nitrogen and oxygen atoms in total. The van der Waals surface area contributed by atoms with Crippen molar-refractivity contribution in [2.24, 2.45) is 5.92 Å². The number of hydrogen-bond acceptors (Lipinski definition) is 3. The lowest BCUT2D eigenvalue weighted by atomic mass is 10.0. The van der Waals surface area contributed by atoms with Crippen LogP contribution in [0, 0.1) is 5.92 Å². The molecule has 1 atom stereocenters. The summed E-state index contributed by atoms with van der Waals surface area (Å²) < 4.78 is 28.2. The molecule has 0 saturated carbocycles. The minimum Gasteiger partial charge on any atom is -0.396 e. The minimum absolute atomic E-state index is 0.0230. The van der Waals surface area contributed by atoms with Crippen molar-refractivity contribution in [3.63, 3.8) is 0 Å². The van der Waals surface area contributed by atoms with Crippen LogP contribution in [0.3, 0.4) is 0 Å². The molecule has 6 heteroatoms. The number of piperidine rings is 1. The lowest BCUT2D eigenvalue weighted by Crippen LogP contribution is -2.50. The van der Waals surface area contributed by atoms with Gasteiger partial charge in [0.15, 0.2) is 0 Å². The second kappa shape index (κ2) is 6.84. The Labute approximate surface area is 111 Å². The van der Waals surface area contributed by atoms with E-state index in [1.165, 1.54) is 4.31 Å². The largest absolute Gasteiger partial charge is 0.396 e. The zero-order valence-electron chi connectivity index (χ0n) is 11.7. The van der Waals surface area contributed by atoms with E-state index in [0.717, 1.165) is 12.8 Å². The molecular formula is C12H26N2O3S. The topological polar surface area (TPSA) is 60.9 Å². The third kappa shape index (κ3) is 3.91. The molecule has 108 valence electrons. The first-order valence-corrected chi connectivity index (χ1v) is 8.17. The summed E-state index contributed by atoms with van der Waals surface area (Å²) in [6.45, 7) is 7.50. The third-order valence-corrected chi connectivity index (χ3v) is 5.54. The summed E-state index contributed by atoms with van der Waals surface area (Å²) >= 11 is 0. The highest BCUT2D eigenvalue weighted by molar-refractivity contribution is 7.86. The van der Waals surface area contributed by atoms with Gasteiger partial charge in [0, 0.05) is 32.3 Å². The number of nitrogens with zero attached hydrogens (tertiary/aromatic N) is 2. The molecule has 0 aromatic heterocycles. The monoisotopic (exact) mass is 278 g/mol. The molecule has 0 amide bonds. The molecule has 1 rings (SSSR count). The number of hydrogen-bond donors (Lipinski definition) is 1. The van der Waals surface area contributed by atoms with Crippen molar-refractivity contribution in [2.45, 2.75) is 46.1 Å². The molecule has 1 heterocycles. The maximum Gasteiger partial charge on any atom is 0.282 e. The average Bonchev–Trinajstić information content (AvgIpc) is 2.28. The minimum atomic E-state index is -3.37. The van der Waals surface area contributed by atoms with Crippen LogP contribution in [0.25, 0.3) is 0 Å². The lowest BCUT2D eigenvalue weighted by molar-refractivity contribution is 0.229. The molecule has 1 fully saturated rings. The molecule has 0 spiro atoms. The van der Waals surface area contributed by atoms with Gasteiger partial charge in [-0.15, -0.1) is 0 Å². The molecule has 1 N–H and O–H groups in total. The summed E-state index contributed by atoms with van der Waals surface area (Å²) in [6, 6.07) is -0.0706. The molecule has 0 aromatic carbocycles. The van der Waals surface area contributed by atoms with Crippen molar-refractivity contribution in [2.75, 3.05) is 26.2 Å². The van der Waals surface area contributed by atoms with E-state index >= 15 is 0 Å². The van der Waals surface area contributed by atoms with Gasteiger partial charge in [0.25, 0.3) is 10.2 Å². The molecule has 0 aromatic rings. The smallest absolute Gasteiger partial charge is 0.282 e. The van der Waals surface area contributed by atoms with E-state index in [9.17, 15) is 8.42 Å². The van der Waals surface area contributed by atoms with Gasteiger partial charge < -0.3 is 5.11 Å². The molecule has 1 saturated heterocycles. The number of aliphatic hydroxyl groups excluding tert-OH is 1. The molecule has 18 heavy (non-hydrogen) atoms. The molecular weight excluding hydrogens is 252 g/mol. The van der Waals surface area contributed by atoms with Crippen molar-refractivity contribution >= 4 is 10.2 Å². The quantitative estimate of drug-likeness (QED) is 0.790. The summed E-state index contributed by atoms with van der Waals surface area (Å²) in [5.74, 6) is 0.431. The first-order chi connectivity index (χ1) is 8.39. The second-order valence-electron chi connectivity index (χ2n) is 5.39. The standard InChI is InChI=1S/C12H26N2O3S/c1-11(2)14(8-5-9-15)18(16,17)13-7-4-6-12(3)10-13/h11-12,15H,4-10H2,1-3H3.